The van der Waals surface area contributed by atoms with Gasteiger partial charge in [0.05, 0.1) is 6.42 Å². The van der Waals surface area contributed by atoms with Crippen LogP contribution in [-0.2, 0) is 9.59 Å². The second-order valence-corrected chi connectivity index (χ2v) is 2.46. The fourth-order valence-corrected chi connectivity index (χ4v) is 0.745. The molecule has 0 spiro atoms. The van der Waals surface area contributed by atoms with E-state index in [2.05, 4.69) is 6.58 Å². The van der Waals surface area contributed by atoms with E-state index in [9.17, 15) is 9.59 Å². The van der Waals surface area contributed by atoms with E-state index in [0.717, 1.165) is 19.3 Å². The molecule has 0 aliphatic carbocycles. The maximum Gasteiger partial charge on any atom is 0.162 e. The molecule has 0 amide bonds. The van der Waals surface area contributed by atoms with Gasteiger partial charge in [-0.05, 0) is 25.3 Å². The number of carbonyl (C=O) groups is 2. The average Bonchev–Trinajstić information content (AvgIpc) is 2.05. The van der Waals surface area contributed by atoms with E-state index in [1.807, 2.05) is 6.08 Å². The Labute approximate surface area is 73.0 Å². The van der Waals surface area contributed by atoms with E-state index in [1.165, 1.54) is 6.08 Å². The number of ketones is 1. The second kappa shape index (κ2) is 7.92. The number of unbranched alkanes of at least 4 members (excludes halogenated alkanes) is 2. The van der Waals surface area contributed by atoms with Crippen LogP contribution in [0.1, 0.15) is 25.7 Å². The first-order chi connectivity index (χ1) is 5.81. The summed E-state index contributed by atoms with van der Waals surface area (Å²) in [7, 11) is 0. The van der Waals surface area contributed by atoms with E-state index in [-0.39, 0.29) is 12.2 Å². The van der Waals surface area contributed by atoms with Crippen LogP contribution in [0.2, 0.25) is 0 Å². The minimum Gasteiger partial charge on any atom is -0.303 e. The maximum absolute atomic E-state index is 10.7. The Bertz CT molecular complexity index is 180. The minimum absolute atomic E-state index is 0.00203. The Morgan fingerprint density at radius 3 is 2.67 bits per heavy atom. The smallest absolute Gasteiger partial charge is 0.162 e. The van der Waals surface area contributed by atoms with Gasteiger partial charge in [-0.2, -0.15) is 0 Å². The molecule has 0 heterocycles. The predicted octanol–water partition coefficient (Wildman–Crippen LogP) is 2.06. The van der Waals surface area contributed by atoms with E-state index in [4.69, 9.17) is 0 Å². The second-order valence-electron chi connectivity index (χ2n) is 2.46. The van der Waals surface area contributed by atoms with Gasteiger partial charge in [-0.3, -0.25) is 4.79 Å². The monoisotopic (exact) mass is 166 g/mol. The highest BCUT2D eigenvalue weighted by atomic mass is 16.1. The summed E-state index contributed by atoms with van der Waals surface area (Å²) in [5.74, 6) is -0.122. The van der Waals surface area contributed by atoms with Gasteiger partial charge in [0.2, 0.25) is 0 Å². The molecule has 0 rings (SSSR count). The lowest BCUT2D eigenvalue weighted by atomic mass is 10.2. The summed E-state index contributed by atoms with van der Waals surface area (Å²) in [6.07, 6.45) is 8.58. The fraction of sp³-hybridized carbons (Fsp3) is 0.400. The van der Waals surface area contributed by atoms with Gasteiger partial charge in [-0.1, -0.05) is 12.2 Å². The molecule has 0 atom stereocenters. The van der Waals surface area contributed by atoms with Gasteiger partial charge in [-0.25, -0.2) is 0 Å². The molecule has 2 heteroatoms. The van der Waals surface area contributed by atoms with Crippen LogP contribution in [0.3, 0.4) is 0 Å². The molecule has 0 saturated carbocycles. The molecule has 0 saturated heterocycles. The predicted molar refractivity (Wildman–Crippen MR) is 48.9 cm³/mol. The van der Waals surface area contributed by atoms with Crippen molar-refractivity contribution < 1.29 is 9.59 Å². The molecular formula is C10H14O2. The van der Waals surface area contributed by atoms with Crippen LogP contribution in [0.4, 0.5) is 0 Å². The number of rotatable bonds is 7. The van der Waals surface area contributed by atoms with Crippen molar-refractivity contribution in [2.45, 2.75) is 25.7 Å². The maximum atomic E-state index is 10.7. The zero-order valence-corrected chi connectivity index (χ0v) is 7.16. The third-order valence-electron chi connectivity index (χ3n) is 1.37. The zero-order chi connectivity index (χ0) is 9.23. The van der Waals surface area contributed by atoms with Gasteiger partial charge in [0.25, 0.3) is 0 Å². The Balaban J connectivity index is 3.40. The van der Waals surface area contributed by atoms with Crippen molar-refractivity contribution in [3.63, 3.8) is 0 Å². The molecule has 66 valence electrons. The highest BCUT2D eigenvalue weighted by Gasteiger charge is 1.91. The van der Waals surface area contributed by atoms with E-state index in [0.29, 0.717) is 6.29 Å². The van der Waals surface area contributed by atoms with E-state index < -0.39 is 0 Å². The lowest BCUT2D eigenvalue weighted by Gasteiger charge is -1.88. The number of aldehydes is 1. The van der Waals surface area contributed by atoms with Crippen molar-refractivity contribution in [2.24, 2.45) is 0 Å². The largest absolute Gasteiger partial charge is 0.303 e. The third-order valence-corrected chi connectivity index (χ3v) is 1.37. The number of hydrogen-bond acceptors (Lipinski definition) is 2. The third kappa shape index (κ3) is 6.93. The quantitative estimate of drug-likeness (QED) is 0.191. The summed E-state index contributed by atoms with van der Waals surface area (Å²) in [4.78, 5) is 20.6. The normalized spacial score (nSPS) is 10.0. The first-order valence-electron chi connectivity index (χ1n) is 4.05. The van der Waals surface area contributed by atoms with E-state index in [1.54, 1.807) is 6.08 Å². The summed E-state index contributed by atoms with van der Waals surface area (Å²) >= 11 is 0. The fourth-order valence-electron chi connectivity index (χ4n) is 0.745. The molecule has 0 aromatic rings. The highest BCUT2D eigenvalue weighted by Crippen LogP contribution is 1.97. The van der Waals surface area contributed by atoms with Gasteiger partial charge in [0.15, 0.2) is 5.78 Å². The van der Waals surface area contributed by atoms with Gasteiger partial charge in [0, 0.05) is 0 Å². The number of allylic oxidation sites excluding steroid dienone is 3. The van der Waals surface area contributed by atoms with Crippen molar-refractivity contribution in [1.82, 2.24) is 0 Å². The summed E-state index contributed by atoms with van der Waals surface area (Å²) in [5.41, 5.74) is 0. The molecule has 0 aromatic heterocycles. The lowest BCUT2D eigenvalue weighted by molar-refractivity contribution is -0.118. The molecule has 0 aliphatic heterocycles. The van der Waals surface area contributed by atoms with Crippen LogP contribution in [0.5, 0.6) is 0 Å². The van der Waals surface area contributed by atoms with Gasteiger partial charge in [0.1, 0.15) is 6.29 Å². The Morgan fingerprint density at radius 1 is 1.33 bits per heavy atom. The molecule has 0 radical (unpaired) electrons. The Morgan fingerprint density at radius 2 is 2.08 bits per heavy atom. The van der Waals surface area contributed by atoms with Crippen LogP contribution in [0, 0.1) is 0 Å². The van der Waals surface area contributed by atoms with Crippen LogP contribution in [0.25, 0.3) is 0 Å². The highest BCUT2D eigenvalue weighted by molar-refractivity contribution is 5.97. The zero-order valence-electron chi connectivity index (χ0n) is 7.16. The molecule has 0 fully saturated rings. The van der Waals surface area contributed by atoms with Crippen LogP contribution in [-0.4, -0.2) is 12.1 Å². The SMILES string of the molecule is C=CCCC/C=C\C(=O)CC=O. The van der Waals surface area contributed by atoms with Gasteiger partial charge >= 0.3 is 0 Å². The molecule has 0 aliphatic rings. The standard InChI is InChI=1S/C10H14O2/c1-2-3-4-5-6-7-10(12)8-9-11/h2,6-7,9H,1,3-5,8H2/b7-6-. The number of carbonyl (C=O) groups excluding carboxylic acids is 2. The molecule has 0 N–H and O–H groups in total. The summed E-state index contributed by atoms with van der Waals surface area (Å²) < 4.78 is 0. The lowest BCUT2D eigenvalue weighted by Crippen LogP contribution is -1.91. The minimum atomic E-state index is -0.122. The van der Waals surface area contributed by atoms with Crippen molar-refractivity contribution in [3.05, 3.63) is 24.8 Å². The topological polar surface area (TPSA) is 34.1 Å². The van der Waals surface area contributed by atoms with Crippen LogP contribution < -0.4 is 0 Å². The first kappa shape index (κ1) is 10.8. The van der Waals surface area contributed by atoms with Crippen LogP contribution in [0.15, 0.2) is 24.8 Å². The van der Waals surface area contributed by atoms with E-state index >= 15 is 0 Å². The summed E-state index contributed by atoms with van der Waals surface area (Å²) in [6, 6.07) is 0. The van der Waals surface area contributed by atoms with Crippen molar-refractivity contribution in [2.75, 3.05) is 0 Å². The Kier molecular flexibility index (Phi) is 7.14. The number of hydrogen-bond donors (Lipinski definition) is 0. The molecule has 0 aromatic carbocycles. The Hall–Kier alpha value is -1.18. The molecule has 2 nitrogen and oxygen atoms in total. The molecule has 0 unspecified atom stereocenters. The van der Waals surface area contributed by atoms with Crippen molar-refractivity contribution in [3.8, 4) is 0 Å². The summed E-state index contributed by atoms with van der Waals surface area (Å²) in [6.45, 7) is 3.59. The van der Waals surface area contributed by atoms with Gasteiger partial charge < -0.3 is 4.79 Å². The van der Waals surface area contributed by atoms with Crippen LogP contribution >= 0.6 is 0 Å². The molecule has 0 bridgehead atoms. The van der Waals surface area contributed by atoms with Gasteiger partial charge in [-0.15, -0.1) is 6.58 Å². The summed E-state index contributed by atoms with van der Waals surface area (Å²) in [5, 5.41) is 0. The van der Waals surface area contributed by atoms with Crippen molar-refractivity contribution in [1.29, 1.82) is 0 Å². The molecule has 12 heavy (non-hydrogen) atoms. The molecular weight excluding hydrogens is 152 g/mol. The first-order valence-corrected chi connectivity index (χ1v) is 4.05. The average molecular weight is 166 g/mol. The van der Waals surface area contributed by atoms with Crippen molar-refractivity contribution >= 4 is 12.1 Å².